The van der Waals surface area contributed by atoms with E-state index in [0.29, 0.717) is 11.2 Å². The normalized spacial score (nSPS) is 15.5. The van der Waals surface area contributed by atoms with Crippen LogP contribution in [0.15, 0.2) is 35.1 Å². The molecule has 1 aromatic carbocycles. The van der Waals surface area contributed by atoms with Crippen LogP contribution in [0.5, 0.6) is 0 Å². The number of carbonyl (C=O) groups excluding carboxylic acids is 1. The highest BCUT2D eigenvalue weighted by Crippen LogP contribution is 2.27. The number of benzene rings is 1. The van der Waals surface area contributed by atoms with Crippen LogP contribution >= 0.6 is 0 Å². The number of ether oxygens (including phenoxy) is 1. The van der Waals surface area contributed by atoms with Crippen LogP contribution in [0.3, 0.4) is 0 Å². The van der Waals surface area contributed by atoms with Gasteiger partial charge < -0.3 is 14.6 Å². The number of nitrogens with one attached hydrogen (secondary N) is 1. The third kappa shape index (κ3) is 4.37. The quantitative estimate of drug-likeness (QED) is 0.631. The van der Waals surface area contributed by atoms with Gasteiger partial charge in [0.05, 0.1) is 6.61 Å². The predicted molar refractivity (Wildman–Crippen MR) is 109 cm³/mol. The molecule has 0 atom stereocenters. The van der Waals surface area contributed by atoms with Crippen LogP contribution in [-0.4, -0.2) is 45.7 Å². The second-order valence-corrected chi connectivity index (χ2v) is 7.43. The molecule has 0 unspecified atom stereocenters. The SMILES string of the molecule is CCOC(=O)c1noc2ncnc(Nc3ccc(CN4CCC(C)CC4)cc3)c12. The molecule has 3 aromatic rings. The Bertz CT molecular complexity index is 978. The van der Waals surface area contributed by atoms with Gasteiger partial charge in [-0.05, 0) is 56.5 Å². The Morgan fingerprint density at radius 2 is 2.00 bits per heavy atom. The summed E-state index contributed by atoms with van der Waals surface area (Å²) in [5, 5.41) is 7.45. The van der Waals surface area contributed by atoms with Gasteiger partial charge in [0.25, 0.3) is 5.71 Å². The molecule has 152 valence electrons. The number of carbonyl (C=O) groups is 1. The lowest BCUT2D eigenvalue weighted by molar-refractivity contribution is 0.0517. The van der Waals surface area contributed by atoms with E-state index in [1.54, 1.807) is 6.92 Å². The van der Waals surface area contributed by atoms with Crippen LogP contribution in [0.25, 0.3) is 11.1 Å². The lowest BCUT2D eigenvalue weighted by Crippen LogP contribution is -2.32. The van der Waals surface area contributed by atoms with Gasteiger partial charge in [-0.25, -0.2) is 9.78 Å². The molecular formula is C21H25N5O3. The average Bonchev–Trinajstić information content (AvgIpc) is 3.17. The summed E-state index contributed by atoms with van der Waals surface area (Å²) < 4.78 is 10.2. The van der Waals surface area contributed by atoms with Gasteiger partial charge in [0.2, 0.25) is 5.69 Å². The van der Waals surface area contributed by atoms with E-state index in [4.69, 9.17) is 9.26 Å². The van der Waals surface area contributed by atoms with Crippen LogP contribution in [0.1, 0.15) is 42.7 Å². The van der Waals surface area contributed by atoms with Gasteiger partial charge in [-0.3, -0.25) is 4.90 Å². The number of rotatable bonds is 6. The number of likely N-dealkylation sites (tertiary alicyclic amines) is 1. The second kappa shape index (κ2) is 8.57. The Labute approximate surface area is 169 Å². The van der Waals surface area contributed by atoms with E-state index in [2.05, 4.69) is 44.4 Å². The molecule has 8 nitrogen and oxygen atoms in total. The zero-order valence-corrected chi connectivity index (χ0v) is 16.7. The lowest BCUT2D eigenvalue weighted by Gasteiger charge is -2.30. The number of nitrogens with zero attached hydrogens (tertiary/aromatic N) is 4. The minimum atomic E-state index is -0.560. The minimum absolute atomic E-state index is 0.0703. The van der Waals surface area contributed by atoms with Crippen molar-refractivity contribution in [2.24, 2.45) is 5.92 Å². The van der Waals surface area contributed by atoms with Gasteiger partial charge >= 0.3 is 5.97 Å². The standard InChI is InChI=1S/C21H25N5O3/c1-3-28-21(27)18-17-19(22-13-23-20(17)29-25-18)24-16-6-4-15(5-7-16)12-26-10-8-14(2)9-11-26/h4-7,13-14H,3,8-12H2,1-2H3,(H,22,23,24). The number of anilines is 2. The van der Waals surface area contributed by atoms with Crippen molar-refractivity contribution in [2.75, 3.05) is 25.0 Å². The molecule has 1 aliphatic rings. The summed E-state index contributed by atoms with van der Waals surface area (Å²) in [4.78, 5) is 22.9. The third-order valence-corrected chi connectivity index (χ3v) is 5.24. The van der Waals surface area contributed by atoms with Gasteiger partial charge in [-0.15, -0.1) is 0 Å². The number of piperidine rings is 1. The molecule has 3 heterocycles. The van der Waals surface area contributed by atoms with Crippen LogP contribution in [0, 0.1) is 5.92 Å². The number of hydrogen-bond acceptors (Lipinski definition) is 8. The van der Waals surface area contributed by atoms with E-state index in [1.807, 2.05) is 12.1 Å². The van der Waals surface area contributed by atoms with Crippen LogP contribution in [-0.2, 0) is 11.3 Å². The molecule has 0 bridgehead atoms. The summed E-state index contributed by atoms with van der Waals surface area (Å²) in [5.41, 5.74) is 2.44. The van der Waals surface area contributed by atoms with Crippen LogP contribution < -0.4 is 5.32 Å². The van der Waals surface area contributed by atoms with Crippen molar-refractivity contribution in [1.82, 2.24) is 20.0 Å². The number of fused-ring (bicyclic) bond motifs is 1. The molecular weight excluding hydrogens is 370 g/mol. The van der Waals surface area contributed by atoms with Gasteiger partial charge in [-0.1, -0.05) is 24.2 Å². The highest BCUT2D eigenvalue weighted by Gasteiger charge is 2.22. The van der Waals surface area contributed by atoms with Crippen LogP contribution in [0.2, 0.25) is 0 Å². The maximum atomic E-state index is 12.1. The van der Waals surface area contributed by atoms with E-state index in [9.17, 15) is 4.79 Å². The molecule has 0 spiro atoms. The minimum Gasteiger partial charge on any atom is -0.461 e. The molecule has 0 aliphatic carbocycles. The maximum absolute atomic E-state index is 12.1. The molecule has 1 N–H and O–H groups in total. The summed E-state index contributed by atoms with van der Waals surface area (Å²) in [6, 6.07) is 8.23. The Morgan fingerprint density at radius 3 is 2.72 bits per heavy atom. The first-order valence-electron chi connectivity index (χ1n) is 10.00. The molecule has 8 heteroatoms. The Balaban J connectivity index is 1.50. The molecule has 29 heavy (non-hydrogen) atoms. The Hall–Kier alpha value is -3.00. The first kappa shape index (κ1) is 19.3. The average molecular weight is 395 g/mol. The monoisotopic (exact) mass is 395 g/mol. The van der Waals surface area contributed by atoms with Crippen molar-refractivity contribution in [2.45, 2.75) is 33.2 Å². The predicted octanol–water partition coefficient (Wildman–Crippen LogP) is 3.77. The number of aromatic nitrogens is 3. The zero-order chi connectivity index (χ0) is 20.2. The van der Waals surface area contributed by atoms with E-state index in [1.165, 1.54) is 24.7 Å². The largest absolute Gasteiger partial charge is 0.461 e. The summed E-state index contributed by atoms with van der Waals surface area (Å²) >= 11 is 0. The molecule has 1 saturated heterocycles. The van der Waals surface area contributed by atoms with Crippen LogP contribution in [0.4, 0.5) is 11.5 Å². The molecule has 0 saturated carbocycles. The molecule has 0 radical (unpaired) electrons. The summed E-state index contributed by atoms with van der Waals surface area (Å²) in [5.74, 6) is 0.729. The fraction of sp³-hybridized carbons (Fsp3) is 0.429. The van der Waals surface area contributed by atoms with Gasteiger partial charge in [0.15, 0.2) is 0 Å². The lowest BCUT2D eigenvalue weighted by atomic mass is 9.99. The number of hydrogen-bond donors (Lipinski definition) is 1. The number of esters is 1. The van der Waals surface area contributed by atoms with Gasteiger partial charge in [0.1, 0.15) is 17.5 Å². The van der Waals surface area contributed by atoms with Gasteiger partial charge in [-0.2, -0.15) is 4.98 Å². The van der Waals surface area contributed by atoms with E-state index >= 15 is 0 Å². The first-order chi connectivity index (χ1) is 14.1. The first-order valence-corrected chi connectivity index (χ1v) is 10.00. The molecule has 4 rings (SSSR count). The molecule has 2 aromatic heterocycles. The fourth-order valence-electron chi connectivity index (χ4n) is 3.53. The third-order valence-electron chi connectivity index (χ3n) is 5.24. The highest BCUT2D eigenvalue weighted by molar-refractivity contribution is 6.05. The van der Waals surface area contributed by atoms with Crippen molar-refractivity contribution in [3.8, 4) is 0 Å². The summed E-state index contributed by atoms with van der Waals surface area (Å²) in [6.45, 7) is 7.59. The van der Waals surface area contributed by atoms with Crippen molar-refractivity contribution in [3.05, 3.63) is 41.9 Å². The summed E-state index contributed by atoms with van der Waals surface area (Å²) in [6.07, 6.45) is 3.91. The topological polar surface area (TPSA) is 93.4 Å². The van der Waals surface area contributed by atoms with E-state index in [0.717, 1.165) is 31.2 Å². The molecule has 0 amide bonds. The van der Waals surface area contributed by atoms with Crippen molar-refractivity contribution >= 4 is 28.6 Å². The van der Waals surface area contributed by atoms with E-state index < -0.39 is 5.97 Å². The van der Waals surface area contributed by atoms with Crippen molar-refractivity contribution in [1.29, 1.82) is 0 Å². The Morgan fingerprint density at radius 1 is 1.24 bits per heavy atom. The van der Waals surface area contributed by atoms with Crippen molar-refractivity contribution < 1.29 is 14.1 Å². The Kier molecular flexibility index (Phi) is 5.71. The molecule has 1 aliphatic heterocycles. The van der Waals surface area contributed by atoms with E-state index in [-0.39, 0.29) is 18.0 Å². The zero-order valence-electron chi connectivity index (χ0n) is 16.7. The second-order valence-electron chi connectivity index (χ2n) is 7.43. The highest BCUT2D eigenvalue weighted by atomic mass is 16.5. The smallest absolute Gasteiger partial charge is 0.361 e. The molecule has 1 fully saturated rings. The van der Waals surface area contributed by atoms with Crippen molar-refractivity contribution in [3.63, 3.8) is 0 Å². The fourth-order valence-corrected chi connectivity index (χ4v) is 3.53. The maximum Gasteiger partial charge on any atom is 0.361 e. The van der Waals surface area contributed by atoms with Gasteiger partial charge in [0, 0.05) is 12.2 Å². The summed E-state index contributed by atoms with van der Waals surface area (Å²) in [7, 11) is 0.